The van der Waals surface area contributed by atoms with Gasteiger partial charge in [0, 0.05) is 12.1 Å². The largest absolute Gasteiger partial charge is 0.508 e. The van der Waals surface area contributed by atoms with E-state index in [0.29, 0.717) is 6.54 Å². The lowest BCUT2D eigenvalue weighted by Gasteiger charge is -2.34. The summed E-state index contributed by atoms with van der Waals surface area (Å²) in [4.78, 5) is 14.2. The minimum absolute atomic E-state index is 0.211. The average Bonchev–Trinajstić information content (AvgIpc) is 2.52. The van der Waals surface area contributed by atoms with Gasteiger partial charge in [-0.05, 0) is 44.0 Å². The highest BCUT2D eigenvalue weighted by atomic mass is 16.6. The summed E-state index contributed by atoms with van der Waals surface area (Å²) in [6, 6.07) is 16.5. The third kappa shape index (κ3) is 5.02. The van der Waals surface area contributed by atoms with Crippen LogP contribution in [0.2, 0.25) is 0 Å². The number of carbonyl (C=O) groups is 1. The van der Waals surface area contributed by atoms with Gasteiger partial charge in [0.1, 0.15) is 12.4 Å². The van der Waals surface area contributed by atoms with E-state index in [1.165, 1.54) is 0 Å². The number of rotatable bonds is 4. The maximum absolute atomic E-state index is 12.5. The Morgan fingerprint density at radius 3 is 2.17 bits per heavy atom. The number of amides is 1. The Labute approximate surface area is 137 Å². The molecular formula is C19H23NO3. The van der Waals surface area contributed by atoms with Gasteiger partial charge in [-0.3, -0.25) is 4.90 Å². The Hall–Kier alpha value is -2.49. The molecule has 0 unspecified atom stereocenters. The molecule has 0 aliphatic heterocycles. The second-order valence-corrected chi connectivity index (χ2v) is 6.46. The number of carbonyl (C=O) groups excluding carboxylic acids is 1. The molecule has 0 saturated carbocycles. The molecule has 4 heteroatoms. The summed E-state index contributed by atoms with van der Waals surface area (Å²) in [5.74, 6) is 0.211. The molecule has 0 aliphatic rings. The van der Waals surface area contributed by atoms with Crippen LogP contribution in [0.25, 0.3) is 0 Å². The minimum atomic E-state index is -0.369. The van der Waals surface area contributed by atoms with Crippen molar-refractivity contribution in [3.05, 3.63) is 65.7 Å². The summed E-state index contributed by atoms with van der Waals surface area (Å²) >= 11 is 0. The second-order valence-electron chi connectivity index (χ2n) is 6.46. The molecule has 23 heavy (non-hydrogen) atoms. The topological polar surface area (TPSA) is 49.8 Å². The molecule has 4 nitrogen and oxygen atoms in total. The van der Waals surface area contributed by atoms with Gasteiger partial charge < -0.3 is 9.84 Å². The van der Waals surface area contributed by atoms with E-state index in [1.807, 2.05) is 51.1 Å². The number of phenols is 1. The van der Waals surface area contributed by atoms with E-state index < -0.39 is 0 Å². The Morgan fingerprint density at radius 1 is 1.00 bits per heavy atom. The van der Waals surface area contributed by atoms with Crippen molar-refractivity contribution in [3.8, 4) is 5.75 Å². The number of nitrogens with zero attached hydrogens (tertiary/aromatic N) is 1. The van der Waals surface area contributed by atoms with Crippen LogP contribution in [0.1, 0.15) is 31.9 Å². The van der Waals surface area contributed by atoms with Crippen LogP contribution in [0.5, 0.6) is 5.75 Å². The van der Waals surface area contributed by atoms with Crippen molar-refractivity contribution in [3.63, 3.8) is 0 Å². The molecule has 2 rings (SSSR count). The van der Waals surface area contributed by atoms with Gasteiger partial charge in [-0.2, -0.15) is 0 Å². The van der Waals surface area contributed by atoms with Crippen molar-refractivity contribution in [1.29, 1.82) is 0 Å². The predicted octanol–water partition coefficient (Wildman–Crippen LogP) is 4.33. The van der Waals surface area contributed by atoms with E-state index in [1.54, 1.807) is 29.2 Å². The highest BCUT2D eigenvalue weighted by Crippen LogP contribution is 2.20. The summed E-state index contributed by atoms with van der Waals surface area (Å²) in [6.07, 6.45) is -0.352. The van der Waals surface area contributed by atoms with E-state index in [2.05, 4.69) is 0 Å². The van der Waals surface area contributed by atoms with Crippen LogP contribution >= 0.6 is 0 Å². The SMILES string of the molecule is CC(C)(C)N(Cc1ccc(O)cc1)C(=O)OCc1ccccc1. The molecule has 1 N–H and O–H groups in total. The van der Waals surface area contributed by atoms with E-state index in [0.717, 1.165) is 11.1 Å². The van der Waals surface area contributed by atoms with Crippen LogP contribution < -0.4 is 0 Å². The van der Waals surface area contributed by atoms with Crippen LogP contribution in [0, 0.1) is 0 Å². The van der Waals surface area contributed by atoms with Gasteiger partial charge >= 0.3 is 6.09 Å². The highest BCUT2D eigenvalue weighted by Gasteiger charge is 2.27. The molecule has 122 valence electrons. The van der Waals surface area contributed by atoms with Crippen LogP contribution in [-0.4, -0.2) is 21.6 Å². The van der Waals surface area contributed by atoms with Gasteiger partial charge in [0.05, 0.1) is 0 Å². The van der Waals surface area contributed by atoms with Gasteiger partial charge in [-0.25, -0.2) is 4.79 Å². The van der Waals surface area contributed by atoms with Crippen molar-refractivity contribution in [1.82, 2.24) is 4.90 Å². The molecule has 0 fully saturated rings. The fourth-order valence-corrected chi connectivity index (χ4v) is 2.16. The molecule has 0 atom stereocenters. The van der Waals surface area contributed by atoms with Crippen molar-refractivity contribution in [2.75, 3.05) is 0 Å². The molecule has 2 aromatic rings. The van der Waals surface area contributed by atoms with E-state index in [4.69, 9.17) is 4.74 Å². The molecule has 0 heterocycles. The number of ether oxygens (including phenoxy) is 1. The number of benzene rings is 2. The fraction of sp³-hybridized carbons (Fsp3) is 0.316. The maximum atomic E-state index is 12.5. The van der Waals surface area contributed by atoms with E-state index >= 15 is 0 Å². The zero-order valence-electron chi connectivity index (χ0n) is 13.8. The van der Waals surface area contributed by atoms with Crippen LogP contribution in [-0.2, 0) is 17.9 Å². The molecule has 2 aromatic carbocycles. The zero-order chi connectivity index (χ0) is 16.9. The van der Waals surface area contributed by atoms with Crippen molar-refractivity contribution < 1.29 is 14.6 Å². The maximum Gasteiger partial charge on any atom is 0.410 e. The van der Waals surface area contributed by atoms with Crippen LogP contribution in [0.3, 0.4) is 0 Å². The monoisotopic (exact) mass is 313 g/mol. The Morgan fingerprint density at radius 2 is 1.61 bits per heavy atom. The van der Waals surface area contributed by atoms with Gasteiger partial charge in [-0.1, -0.05) is 42.5 Å². The Bertz CT molecular complexity index is 630. The molecular weight excluding hydrogens is 290 g/mol. The quantitative estimate of drug-likeness (QED) is 0.914. The molecule has 0 bridgehead atoms. The van der Waals surface area contributed by atoms with Crippen molar-refractivity contribution in [2.24, 2.45) is 0 Å². The lowest BCUT2D eigenvalue weighted by atomic mass is 10.1. The van der Waals surface area contributed by atoms with Crippen LogP contribution in [0.4, 0.5) is 4.79 Å². The number of hydrogen-bond acceptors (Lipinski definition) is 3. The first kappa shape index (κ1) is 16.9. The summed E-state index contributed by atoms with van der Waals surface area (Å²) < 4.78 is 5.45. The lowest BCUT2D eigenvalue weighted by Crippen LogP contribution is -2.45. The summed E-state index contributed by atoms with van der Waals surface area (Å²) in [7, 11) is 0. The third-order valence-electron chi connectivity index (χ3n) is 3.51. The van der Waals surface area contributed by atoms with Crippen molar-refractivity contribution >= 4 is 6.09 Å². The van der Waals surface area contributed by atoms with Gasteiger partial charge in [0.25, 0.3) is 0 Å². The normalized spacial score (nSPS) is 11.1. The standard InChI is InChI=1S/C19H23NO3/c1-19(2,3)20(13-15-9-11-17(21)12-10-15)18(22)23-14-16-7-5-4-6-8-16/h4-12,21H,13-14H2,1-3H3. The smallest absolute Gasteiger partial charge is 0.410 e. The minimum Gasteiger partial charge on any atom is -0.508 e. The molecule has 0 radical (unpaired) electrons. The van der Waals surface area contributed by atoms with Gasteiger partial charge in [0.15, 0.2) is 0 Å². The summed E-state index contributed by atoms with van der Waals surface area (Å²) in [6.45, 7) is 6.59. The van der Waals surface area contributed by atoms with Crippen LogP contribution in [0.15, 0.2) is 54.6 Å². The highest BCUT2D eigenvalue weighted by molar-refractivity contribution is 5.68. The molecule has 0 saturated heterocycles. The molecule has 0 spiro atoms. The zero-order valence-corrected chi connectivity index (χ0v) is 13.8. The second kappa shape index (κ2) is 7.18. The van der Waals surface area contributed by atoms with Gasteiger partial charge in [0.2, 0.25) is 0 Å². The first-order valence-corrected chi connectivity index (χ1v) is 7.62. The summed E-state index contributed by atoms with van der Waals surface area (Å²) in [5, 5.41) is 9.36. The van der Waals surface area contributed by atoms with Crippen molar-refractivity contribution in [2.45, 2.75) is 39.5 Å². The molecule has 0 aliphatic carbocycles. The fourth-order valence-electron chi connectivity index (χ4n) is 2.16. The number of phenolic OH excluding ortho intramolecular Hbond substituents is 1. The first-order valence-electron chi connectivity index (χ1n) is 7.62. The van der Waals surface area contributed by atoms with Gasteiger partial charge in [-0.15, -0.1) is 0 Å². The van der Waals surface area contributed by atoms with E-state index in [-0.39, 0.29) is 24.0 Å². The first-order chi connectivity index (χ1) is 10.9. The average molecular weight is 313 g/mol. The lowest BCUT2D eigenvalue weighted by molar-refractivity contribution is 0.0588. The Kier molecular flexibility index (Phi) is 5.27. The number of aromatic hydroxyl groups is 1. The predicted molar refractivity (Wildman–Crippen MR) is 90.0 cm³/mol. The summed E-state index contributed by atoms with van der Waals surface area (Å²) in [5.41, 5.74) is 1.53. The molecule has 0 aromatic heterocycles. The third-order valence-corrected chi connectivity index (χ3v) is 3.51. The molecule has 1 amide bonds. The van der Waals surface area contributed by atoms with E-state index in [9.17, 15) is 9.90 Å². The number of hydrogen-bond donors (Lipinski definition) is 1. The Balaban J connectivity index is 2.05.